The molecule has 4 heterocycles. The van der Waals surface area contributed by atoms with Gasteiger partial charge in [-0.15, -0.1) is 11.3 Å². The highest BCUT2D eigenvalue weighted by atomic mass is 35.5. The highest BCUT2D eigenvalue weighted by molar-refractivity contribution is 7.91. The standard InChI is InChI=1S/C19H17ClFN3O2S2/c20-17-5-6-18(27-17)28(25,26)23-10-7-19(8-11-23)16-2-1-9-24(16)15-4-3-13(21)12-14(15)22-19/h1-6,9,12,22H,7-8,10-11H2. The van der Waals surface area contributed by atoms with E-state index < -0.39 is 15.6 Å². The van der Waals surface area contributed by atoms with Crippen LogP contribution in [0.5, 0.6) is 0 Å². The SMILES string of the molecule is O=S(=O)(c1ccc(Cl)s1)N1CCC2(CC1)Nc1cc(F)ccc1-n1cccc12. The summed E-state index contributed by atoms with van der Waals surface area (Å²) in [5.74, 6) is -0.299. The predicted molar refractivity (Wildman–Crippen MR) is 108 cm³/mol. The zero-order valence-electron chi connectivity index (χ0n) is 14.7. The van der Waals surface area contributed by atoms with Gasteiger partial charge >= 0.3 is 0 Å². The number of sulfonamides is 1. The molecule has 28 heavy (non-hydrogen) atoms. The Morgan fingerprint density at radius 2 is 1.93 bits per heavy atom. The molecule has 2 aliphatic heterocycles. The van der Waals surface area contributed by atoms with Gasteiger partial charge in [-0.05, 0) is 55.3 Å². The fourth-order valence-electron chi connectivity index (χ4n) is 4.17. The third-order valence-corrected chi connectivity index (χ3v) is 9.15. The van der Waals surface area contributed by atoms with Crippen molar-refractivity contribution in [2.24, 2.45) is 0 Å². The minimum absolute atomic E-state index is 0.265. The van der Waals surface area contributed by atoms with E-state index in [0.29, 0.717) is 30.3 Å². The number of hydrogen-bond acceptors (Lipinski definition) is 4. The number of anilines is 1. The topological polar surface area (TPSA) is 54.3 Å². The Morgan fingerprint density at radius 3 is 2.64 bits per heavy atom. The Balaban J connectivity index is 1.46. The highest BCUT2D eigenvalue weighted by Gasteiger charge is 2.44. The molecule has 2 aliphatic rings. The summed E-state index contributed by atoms with van der Waals surface area (Å²) in [4.78, 5) is 0. The van der Waals surface area contributed by atoms with Gasteiger partial charge in [0, 0.05) is 25.0 Å². The molecule has 5 rings (SSSR count). The van der Waals surface area contributed by atoms with E-state index in [2.05, 4.69) is 9.88 Å². The Bertz CT molecular complexity index is 1160. The first-order chi connectivity index (χ1) is 13.4. The van der Waals surface area contributed by atoms with Gasteiger partial charge in [-0.2, -0.15) is 4.31 Å². The van der Waals surface area contributed by atoms with Crippen LogP contribution in [0.25, 0.3) is 5.69 Å². The number of halogens is 2. The van der Waals surface area contributed by atoms with Crippen molar-refractivity contribution in [2.75, 3.05) is 18.4 Å². The molecule has 0 radical (unpaired) electrons. The summed E-state index contributed by atoms with van der Waals surface area (Å²) < 4.78 is 43.9. The lowest BCUT2D eigenvalue weighted by molar-refractivity contribution is 0.248. The van der Waals surface area contributed by atoms with Crippen LogP contribution in [0, 0.1) is 5.82 Å². The van der Waals surface area contributed by atoms with Gasteiger partial charge in [-0.1, -0.05) is 11.6 Å². The number of aromatic nitrogens is 1. The fourth-order valence-corrected chi connectivity index (χ4v) is 7.25. The summed E-state index contributed by atoms with van der Waals surface area (Å²) >= 11 is 6.99. The van der Waals surface area contributed by atoms with Crippen molar-refractivity contribution >= 4 is 38.6 Å². The normalized spacial score (nSPS) is 18.5. The molecule has 1 N–H and O–H groups in total. The van der Waals surface area contributed by atoms with Crippen LogP contribution in [0.4, 0.5) is 10.1 Å². The maximum Gasteiger partial charge on any atom is 0.252 e. The van der Waals surface area contributed by atoms with Crippen LogP contribution in [-0.2, 0) is 15.6 Å². The average molecular weight is 438 g/mol. The molecule has 0 bridgehead atoms. The first-order valence-electron chi connectivity index (χ1n) is 8.91. The number of thiophene rings is 1. The van der Waals surface area contributed by atoms with Crippen LogP contribution in [0.3, 0.4) is 0 Å². The number of benzene rings is 1. The van der Waals surface area contributed by atoms with Gasteiger partial charge in [0.25, 0.3) is 10.0 Å². The fraction of sp³-hybridized carbons (Fsp3) is 0.263. The number of hydrogen-bond donors (Lipinski definition) is 1. The molecule has 3 aromatic rings. The van der Waals surface area contributed by atoms with Crippen LogP contribution in [0.2, 0.25) is 4.34 Å². The van der Waals surface area contributed by atoms with Gasteiger partial charge < -0.3 is 9.88 Å². The minimum atomic E-state index is -3.55. The molecule has 0 unspecified atom stereocenters. The molecule has 1 saturated heterocycles. The second-order valence-electron chi connectivity index (χ2n) is 7.09. The summed E-state index contributed by atoms with van der Waals surface area (Å²) in [6, 6.07) is 11.9. The van der Waals surface area contributed by atoms with Crippen molar-refractivity contribution < 1.29 is 12.8 Å². The van der Waals surface area contributed by atoms with Crippen molar-refractivity contribution in [1.82, 2.24) is 8.87 Å². The summed E-state index contributed by atoms with van der Waals surface area (Å²) in [6.07, 6.45) is 3.14. The van der Waals surface area contributed by atoms with Crippen molar-refractivity contribution in [3.05, 3.63) is 64.5 Å². The molecule has 0 atom stereocenters. The van der Waals surface area contributed by atoms with Gasteiger partial charge in [-0.3, -0.25) is 0 Å². The van der Waals surface area contributed by atoms with E-state index in [1.807, 2.05) is 18.3 Å². The van der Waals surface area contributed by atoms with E-state index >= 15 is 0 Å². The Morgan fingerprint density at radius 1 is 1.14 bits per heavy atom. The third kappa shape index (κ3) is 2.70. The molecule has 0 saturated carbocycles. The van der Waals surface area contributed by atoms with Crippen LogP contribution in [-0.4, -0.2) is 30.4 Å². The molecule has 0 aliphatic carbocycles. The van der Waals surface area contributed by atoms with Crippen molar-refractivity contribution in [2.45, 2.75) is 22.6 Å². The lowest BCUT2D eigenvalue weighted by Gasteiger charge is -2.45. The maximum atomic E-state index is 13.8. The van der Waals surface area contributed by atoms with Crippen LogP contribution in [0.1, 0.15) is 18.5 Å². The zero-order chi connectivity index (χ0) is 19.5. The van der Waals surface area contributed by atoms with Gasteiger partial charge in [0.2, 0.25) is 0 Å². The number of rotatable bonds is 2. The quantitative estimate of drug-likeness (QED) is 0.645. The highest BCUT2D eigenvalue weighted by Crippen LogP contribution is 2.44. The summed E-state index contributed by atoms with van der Waals surface area (Å²) in [5.41, 5.74) is 2.27. The first kappa shape index (κ1) is 18.2. The molecule has 1 aromatic carbocycles. The molecule has 2 aromatic heterocycles. The Kier molecular flexibility index (Phi) is 4.10. The van der Waals surface area contributed by atoms with Crippen molar-refractivity contribution in [1.29, 1.82) is 0 Å². The molecule has 1 spiro atoms. The van der Waals surface area contributed by atoms with Crippen molar-refractivity contribution in [3.63, 3.8) is 0 Å². The predicted octanol–water partition coefficient (Wildman–Crippen LogP) is 4.44. The first-order valence-corrected chi connectivity index (χ1v) is 11.5. The summed E-state index contributed by atoms with van der Waals surface area (Å²) in [7, 11) is -3.55. The van der Waals surface area contributed by atoms with Gasteiger partial charge in [0.05, 0.1) is 21.3 Å². The monoisotopic (exact) mass is 437 g/mol. The van der Waals surface area contributed by atoms with Crippen LogP contribution < -0.4 is 5.32 Å². The lowest BCUT2D eigenvalue weighted by Crippen LogP contribution is -2.50. The van der Waals surface area contributed by atoms with Gasteiger partial charge in [0.1, 0.15) is 10.0 Å². The molecule has 146 valence electrons. The Labute approximate surface area is 171 Å². The van der Waals surface area contributed by atoms with Crippen LogP contribution >= 0.6 is 22.9 Å². The largest absolute Gasteiger partial charge is 0.372 e. The zero-order valence-corrected chi connectivity index (χ0v) is 17.1. The van der Waals surface area contributed by atoms with E-state index in [9.17, 15) is 12.8 Å². The smallest absolute Gasteiger partial charge is 0.252 e. The lowest BCUT2D eigenvalue weighted by atomic mass is 9.83. The van der Waals surface area contributed by atoms with Gasteiger partial charge in [-0.25, -0.2) is 12.8 Å². The van der Waals surface area contributed by atoms with E-state index in [-0.39, 0.29) is 10.0 Å². The van der Waals surface area contributed by atoms with E-state index in [4.69, 9.17) is 11.6 Å². The number of piperidine rings is 1. The molecule has 0 amide bonds. The van der Waals surface area contributed by atoms with Crippen LogP contribution in [0.15, 0.2) is 52.9 Å². The molecule has 9 heteroatoms. The van der Waals surface area contributed by atoms with E-state index in [0.717, 1.165) is 28.4 Å². The average Bonchev–Trinajstić information content (AvgIpc) is 3.32. The number of nitrogens with one attached hydrogen (secondary N) is 1. The molecule has 5 nitrogen and oxygen atoms in total. The van der Waals surface area contributed by atoms with E-state index in [1.165, 1.54) is 16.4 Å². The minimum Gasteiger partial charge on any atom is -0.372 e. The molecular formula is C19H17ClFN3O2S2. The number of nitrogens with zero attached hydrogens (tertiary/aromatic N) is 2. The molecule has 1 fully saturated rings. The second-order valence-corrected chi connectivity index (χ2v) is 11.0. The van der Waals surface area contributed by atoms with Crippen molar-refractivity contribution in [3.8, 4) is 5.69 Å². The summed E-state index contributed by atoms with van der Waals surface area (Å²) in [6.45, 7) is 0.751. The maximum absolute atomic E-state index is 13.8. The second kappa shape index (κ2) is 6.32. The Hall–Kier alpha value is -1.87. The third-order valence-electron chi connectivity index (χ3n) is 5.55. The summed E-state index contributed by atoms with van der Waals surface area (Å²) in [5, 5.41) is 3.51. The van der Waals surface area contributed by atoms with E-state index in [1.54, 1.807) is 18.2 Å². The van der Waals surface area contributed by atoms with Gasteiger partial charge in [0.15, 0.2) is 0 Å². The number of fused-ring (bicyclic) bond motifs is 4. The molecular weight excluding hydrogens is 421 g/mol.